The number of rotatable bonds is 7. The number of nitrogens with one attached hydrogen (secondary N) is 1. The molecule has 0 bridgehead atoms. The van der Waals surface area contributed by atoms with E-state index in [2.05, 4.69) is 5.32 Å². The number of benzene rings is 3. The highest BCUT2D eigenvalue weighted by atomic mass is 35.5. The summed E-state index contributed by atoms with van der Waals surface area (Å²) in [6, 6.07) is 19.9. The van der Waals surface area contributed by atoms with E-state index in [0.717, 1.165) is 28.6 Å². The van der Waals surface area contributed by atoms with Gasteiger partial charge in [-0.3, -0.25) is 19.3 Å². The third-order valence-electron chi connectivity index (χ3n) is 5.38. The van der Waals surface area contributed by atoms with E-state index in [1.807, 2.05) is 32.0 Å². The molecule has 0 spiro atoms. The van der Waals surface area contributed by atoms with Crippen molar-refractivity contribution in [2.45, 2.75) is 20.4 Å². The molecular weight excluding hydrogens is 484 g/mol. The Bertz CT molecular complexity index is 1340. The summed E-state index contributed by atoms with van der Waals surface area (Å²) in [7, 11) is 0. The Kier molecular flexibility index (Phi) is 7.58. The Morgan fingerprint density at radius 3 is 2.57 bits per heavy atom. The van der Waals surface area contributed by atoms with Crippen molar-refractivity contribution in [3.63, 3.8) is 0 Å². The summed E-state index contributed by atoms with van der Waals surface area (Å²) in [5.74, 6) is -0.268. The molecule has 178 valence electrons. The molecule has 1 N–H and O–H groups in total. The first-order valence-electron chi connectivity index (χ1n) is 10.9. The fourth-order valence-corrected chi connectivity index (χ4v) is 4.61. The molecule has 0 unspecified atom stereocenters. The van der Waals surface area contributed by atoms with E-state index in [1.54, 1.807) is 54.6 Å². The number of thioether (sulfide) groups is 1. The normalized spacial score (nSPS) is 14.5. The minimum absolute atomic E-state index is 0.0957. The summed E-state index contributed by atoms with van der Waals surface area (Å²) >= 11 is 7.05. The fourth-order valence-electron chi connectivity index (χ4n) is 3.59. The van der Waals surface area contributed by atoms with Gasteiger partial charge >= 0.3 is 0 Å². The number of imide groups is 1. The molecule has 1 fully saturated rings. The number of ether oxygens (including phenoxy) is 1. The number of amides is 3. The smallest absolute Gasteiger partial charge is 0.293 e. The average molecular weight is 507 g/mol. The van der Waals surface area contributed by atoms with E-state index >= 15 is 0 Å². The summed E-state index contributed by atoms with van der Waals surface area (Å²) in [4.78, 5) is 39.4. The third-order valence-corrected chi connectivity index (χ3v) is 6.66. The van der Waals surface area contributed by atoms with Gasteiger partial charge in [-0.2, -0.15) is 0 Å². The molecule has 3 aromatic rings. The first-order chi connectivity index (χ1) is 16.8. The van der Waals surface area contributed by atoms with Crippen LogP contribution in [0.5, 0.6) is 5.75 Å². The maximum Gasteiger partial charge on any atom is 0.293 e. The summed E-state index contributed by atoms with van der Waals surface area (Å²) in [6.07, 6.45) is 1.61. The molecule has 6 nitrogen and oxygen atoms in total. The molecule has 35 heavy (non-hydrogen) atoms. The number of carbonyl (C=O) groups excluding carboxylic acids is 3. The van der Waals surface area contributed by atoms with Crippen LogP contribution in [0.1, 0.15) is 22.3 Å². The number of nitrogens with zero attached hydrogens (tertiary/aromatic N) is 1. The number of carbonyl (C=O) groups is 3. The van der Waals surface area contributed by atoms with Gasteiger partial charge in [0.05, 0.1) is 11.4 Å². The maximum atomic E-state index is 12.9. The molecule has 0 atom stereocenters. The predicted molar refractivity (Wildman–Crippen MR) is 139 cm³/mol. The van der Waals surface area contributed by atoms with E-state index in [1.165, 1.54) is 4.90 Å². The van der Waals surface area contributed by atoms with Gasteiger partial charge in [0.15, 0.2) is 6.61 Å². The zero-order valence-electron chi connectivity index (χ0n) is 19.2. The zero-order chi connectivity index (χ0) is 24.9. The molecule has 3 amide bonds. The van der Waals surface area contributed by atoms with Gasteiger partial charge in [-0.05, 0) is 61.0 Å². The zero-order valence-corrected chi connectivity index (χ0v) is 20.8. The second kappa shape index (κ2) is 10.8. The summed E-state index contributed by atoms with van der Waals surface area (Å²) in [5, 5.41) is 2.97. The second-order valence-electron chi connectivity index (χ2n) is 8.05. The number of halogens is 1. The van der Waals surface area contributed by atoms with Crippen LogP contribution in [0.3, 0.4) is 0 Å². The largest absolute Gasteiger partial charge is 0.483 e. The molecular formula is C27H23ClN2O4S. The van der Waals surface area contributed by atoms with Crippen molar-refractivity contribution in [3.05, 3.63) is 98.9 Å². The average Bonchev–Trinajstić information content (AvgIpc) is 3.09. The van der Waals surface area contributed by atoms with Crippen LogP contribution in [0.25, 0.3) is 6.08 Å². The van der Waals surface area contributed by atoms with E-state index in [0.29, 0.717) is 21.9 Å². The lowest BCUT2D eigenvalue weighted by Gasteiger charge is -2.13. The fraction of sp³-hybridized carbons (Fsp3) is 0.148. The van der Waals surface area contributed by atoms with Gasteiger partial charge in [0.1, 0.15) is 5.75 Å². The standard InChI is InChI=1S/C27H23ClN2O4S/c1-17-11-12-22(18(2)13-17)29-25(31)16-34-23-10-6-4-7-19(23)14-24-26(32)30(27(33)35-24)15-20-8-3-5-9-21(20)28/h3-14H,15-16H2,1-2H3,(H,29,31)/b24-14-. The van der Waals surface area contributed by atoms with E-state index in [9.17, 15) is 14.4 Å². The molecule has 1 aliphatic rings. The van der Waals surface area contributed by atoms with E-state index < -0.39 is 5.91 Å². The Labute approximate surface area is 212 Å². The molecule has 8 heteroatoms. The van der Waals surface area contributed by atoms with Crippen LogP contribution < -0.4 is 10.1 Å². The van der Waals surface area contributed by atoms with Crippen molar-refractivity contribution < 1.29 is 19.1 Å². The van der Waals surface area contributed by atoms with Crippen LogP contribution in [0.4, 0.5) is 10.5 Å². The van der Waals surface area contributed by atoms with Gasteiger partial charge in [-0.1, -0.05) is 65.7 Å². The van der Waals surface area contributed by atoms with Crippen molar-refractivity contribution in [1.82, 2.24) is 4.90 Å². The van der Waals surface area contributed by atoms with Crippen molar-refractivity contribution >= 4 is 52.2 Å². The quantitative estimate of drug-likeness (QED) is 0.385. The van der Waals surface area contributed by atoms with Crippen LogP contribution in [0.15, 0.2) is 71.6 Å². The summed E-state index contributed by atoms with van der Waals surface area (Å²) in [6.45, 7) is 3.81. The summed E-state index contributed by atoms with van der Waals surface area (Å²) in [5.41, 5.74) is 4.09. The van der Waals surface area contributed by atoms with Gasteiger partial charge < -0.3 is 10.1 Å². The lowest BCUT2D eigenvalue weighted by molar-refractivity contribution is -0.123. The van der Waals surface area contributed by atoms with Crippen molar-refractivity contribution in [1.29, 1.82) is 0 Å². The second-order valence-corrected chi connectivity index (χ2v) is 9.45. The maximum absolute atomic E-state index is 12.9. The SMILES string of the molecule is Cc1ccc(NC(=O)COc2ccccc2/C=C2\SC(=O)N(Cc3ccccc3Cl)C2=O)c(C)c1. The Morgan fingerprint density at radius 2 is 1.80 bits per heavy atom. The van der Waals surface area contributed by atoms with Crippen molar-refractivity contribution in [2.24, 2.45) is 0 Å². The number of para-hydroxylation sites is 1. The Morgan fingerprint density at radius 1 is 1.06 bits per heavy atom. The topological polar surface area (TPSA) is 75.7 Å². The van der Waals surface area contributed by atoms with Crippen LogP contribution in [-0.4, -0.2) is 28.6 Å². The van der Waals surface area contributed by atoms with Gasteiger partial charge in [0, 0.05) is 16.3 Å². The molecule has 1 saturated heterocycles. The minimum Gasteiger partial charge on any atom is -0.483 e. The Hall–Kier alpha value is -3.55. The predicted octanol–water partition coefficient (Wildman–Crippen LogP) is 6.21. The van der Waals surface area contributed by atoms with E-state index in [4.69, 9.17) is 16.3 Å². The third kappa shape index (κ3) is 5.93. The van der Waals surface area contributed by atoms with Crippen molar-refractivity contribution in [3.8, 4) is 5.75 Å². The number of anilines is 1. The lowest BCUT2D eigenvalue weighted by atomic mass is 10.1. The van der Waals surface area contributed by atoms with Gasteiger partial charge in [-0.15, -0.1) is 0 Å². The van der Waals surface area contributed by atoms with Crippen LogP contribution in [-0.2, 0) is 16.1 Å². The Balaban J connectivity index is 1.45. The lowest BCUT2D eigenvalue weighted by Crippen LogP contribution is -2.27. The van der Waals surface area contributed by atoms with Crippen LogP contribution in [0.2, 0.25) is 5.02 Å². The molecule has 0 aromatic heterocycles. The highest BCUT2D eigenvalue weighted by molar-refractivity contribution is 8.18. The van der Waals surface area contributed by atoms with E-state index in [-0.39, 0.29) is 29.2 Å². The van der Waals surface area contributed by atoms with Gasteiger partial charge in [0.25, 0.3) is 17.1 Å². The van der Waals surface area contributed by atoms with Crippen LogP contribution >= 0.6 is 23.4 Å². The molecule has 0 saturated carbocycles. The van der Waals surface area contributed by atoms with Gasteiger partial charge in [0.2, 0.25) is 0 Å². The van der Waals surface area contributed by atoms with Crippen molar-refractivity contribution in [2.75, 3.05) is 11.9 Å². The number of hydrogen-bond donors (Lipinski definition) is 1. The molecule has 1 aliphatic heterocycles. The highest BCUT2D eigenvalue weighted by Gasteiger charge is 2.35. The monoisotopic (exact) mass is 506 g/mol. The molecule has 1 heterocycles. The van der Waals surface area contributed by atoms with Crippen LogP contribution in [0, 0.1) is 13.8 Å². The minimum atomic E-state index is -0.401. The highest BCUT2D eigenvalue weighted by Crippen LogP contribution is 2.35. The molecule has 0 radical (unpaired) electrons. The summed E-state index contributed by atoms with van der Waals surface area (Å²) < 4.78 is 5.75. The number of aryl methyl sites for hydroxylation is 2. The molecule has 3 aromatic carbocycles. The molecule has 4 rings (SSSR count). The first-order valence-corrected chi connectivity index (χ1v) is 12.1. The molecule has 0 aliphatic carbocycles. The first kappa shape index (κ1) is 24.6. The van der Waals surface area contributed by atoms with Gasteiger partial charge in [-0.25, -0.2) is 0 Å². The number of hydrogen-bond acceptors (Lipinski definition) is 5.